The third-order valence-corrected chi connectivity index (χ3v) is 4.09. The highest BCUT2D eigenvalue weighted by Crippen LogP contribution is 2.31. The van der Waals surface area contributed by atoms with Crippen LogP contribution in [0.4, 0.5) is 0 Å². The van der Waals surface area contributed by atoms with Crippen LogP contribution in [0.15, 0.2) is 18.2 Å². The molecule has 0 spiro atoms. The molecule has 1 aliphatic heterocycles. The molecule has 1 heterocycles. The van der Waals surface area contributed by atoms with E-state index < -0.39 is 18.2 Å². The molecule has 4 N–H and O–H groups in total. The minimum atomic E-state index is -0.884. The Labute approximate surface area is 150 Å². The summed E-state index contributed by atoms with van der Waals surface area (Å²) in [4.78, 5) is 11.8. The summed E-state index contributed by atoms with van der Waals surface area (Å²) in [6, 6.07) is 4.54. The molecule has 6 nitrogen and oxygen atoms in total. The zero-order chi connectivity index (χ0) is 16.1. The molecular formula is C14H19Cl3N2O4. The van der Waals surface area contributed by atoms with Crippen molar-refractivity contribution in [2.24, 2.45) is 0 Å². The minimum absolute atomic E-state index is 0. The number of aliphatic hydroxyl groups is 2. The molecule has 3 unspecified atom stereocenters. The van der Waals surface area contributed by atoms with Gasteiger partial charge in [0.05, 0.1) is 17.2 Å². The highest BCUT2D eigenvalue weighted by Gasteiger charge is 2.28. The van der Waals surface area contributed by atoms with Gasteiger partial charge in [0.2, 0.25) is 5.91 Å². The maximum absolute atomic E-state index is 11.8. The molecule has 23 heavy (non-hydrogen) atoms. The molecule has 1 amide bonds. The van der Waals surface area contributed by atoms with Gasteiger partial charge in [0.25, 0.3) is 0 Å². The van der Waals surface area contributed by atoms with Gasteiger partial charge < -0.3 is 25.6 Å². The number of hydrogen-bond acceptors (Lipinski definition) is 5. The van der Waals surface area contributed by atoms with E-state index in [1.54, 1.807) is 18.2 Å². The molecule has 9 heteroatoms. The Balaban J connectivity index is 0.00000264. The van der Waals surface area contributed by atoms with E-state index in [1.807, 2.05) is 0 Å². The largest absolute Gasteiger partial charge is 0.489 e. The van der Waals surface area contributed by atoms with Gasteiger partial charge in [-0.15, -0.1) is 12.4 Å². The molecule has 1 fully saturated rings. The summed E-state index contributed by atoms with van der Waals surface area (Å²) in [5, 5.41) is 25.3. The number of amides is 1. The number of carbonyl (C=O) groups is 1. The van der Waals surface area contributed by atoms with Gasteiger partial charge in [-0.3, -0.25) is 4.79 Å². The van der Waals surface area contributed by atoms with Gasteiger partial charge in [-0.1, -0.05) is 29.3 Å². The van der Waals surface area contributed by atoms with Crippen LogP contribution in [-0.2, 0) is 4.79 Å². The second-order valence-corrected chi connectivity index (χ2v) is 5.90. The van der Waals surface area contributed by atoms with Crippen molar-refractivity contribution in [3.63, 3.8) is 0 Å². The number of benzene rings is 1. The number of ether oxygens (including phenoxy) is 1. The number of carbonyl (C=O) groups excluding carboxylic acids is 1. The van der Waals surface area contributed by atoms with Gasteiger partial charge in [0, 0.05) is 13.1 Å². The molecule has 0 aliphatic carbocycles. The van der Waals surface area contributed by atoms with E-state index in [4.69, 9.17) is 27.9 Å². The molecule has 0 radical (unpaired) electrons. The second kappa shape index (κ2) is 9.52. The average Bonchev–Trinajstić information content (AvgIpc) is 2.93. The number of nitrogens with one attached hydrogen (secondary N) is 2. The first-order valence-electron chi connectivity index (χ1n) is 6.91. The van der Waals surface area contributed by atoms with Crippen LogP contribution in [0.5, 0.6) is 5.75 Å². The van der Waals surface area contributed by atoms with Crippen LogP contribution in [0.2, 0.25) is 10.0 Å². The standard InChI is InChI=1S/C14H18Cl2N2O4.ClH/c15-10-2-1-3-12(13(10)16)22-7-9(20)6-18-14(21)11-4-8(19)5-17-11;/h1-3,8-9,11,17,19-20H,4-7H2,(H,18,21);1H. The lowest BCUT2D eigenvalue weighted by Gasteiger charge is -2.16. The van der Waals surface area contributed by atoms with Gasteiger partial charge in [-0.05, 0) is 18.6 Å². The molecular weight excluding hydrogens is 367 g/mol. The molecule has 0 saturated carbocycles. The van der Waals surface area contributed by atoms with E-state index in [9.17, 15) is 15.0 Å². The maximum Gasteiger partial charge on any atom is 0.237 e. The molecule has 2 rings (SSSR count). The van der Waals surface area contributed by atoms with E-state index in [2.05, 4.69) is 10.6 Å². The molecule has 3 atom stereocenters. The summed E-state index contributed by atoms with van der Waals surface area (Å²) in [6.45, 7) is 0.420. The van der Waals surface area contributed by atoms with E-state index >= 15 is 0 Å². The first-order chi connectivity index (χ1) is 10.5. The normalized spacial score (nSPS) is 21.4. The van der Waals surface area contributed by atoms with Crippen molar-refractivity contribution < 1.29 is 19.7 Å². The number of halogens is 3. The summed E-state index contributed by atoms with van der Waals surface area (Å²) >= 11 is 11.8. The van der Waals surface area contributed by atoms with E-state index in [0.717, 1.165) is 0 Å². The van der Waals surface area contributed by atoms with Crippen LogP contribution >= 0.6 is 35.6 Å². The van der Waals surface area contributed by atoms with E-state index in [0.29, 0.717) is 23.7 Å². The topological polar surface area (TPSA) is 90.8 Å². The van der Waals surface area contributed by atoms with Crippen molar-refractivity contribution in [1.29, 1.82) is 0 Å². The molecule has 1 aromatic carbocycles. The predicted octanol–water partition coefficient (Wildman–Crippen LogP) is 0.994. The Morgan fingerprint density at radius 3 is 2.87 bits per heavy atom. The second-order valence-electron chi connectivity index (χ2n) is 5.11. The third-order valence-electron chi connectivity index (χ3n) is 3.28. The van der Waals surface area contributed by atoms with Crippen LogP contribution in [0, 0.1) is 0 Å². The van der Waals surface area contributed by atoms with Gasteiger partial charge in [-0.25, -0.2) is 0 Å². The summed E-state index contributed by atoms with van der Waals surface area (Å²) in [6.07, 6.45) is -1.02. The lowest BCUT2D eigenvalue weighted by Crippen LogP contribution is -2.44. The van der Waals surface area contributed by atoms with Crippen molar-refractivity contribution >= 4 is 41.5 Å². The summed E-state index contributed by atoms with van der Waals surface area (Å²) in [5.74, 6) is 0.122. The Morgan fingerprint density at radius 2 is 2.22 bits per heavy atom. The smallest absolute Gasteiger partial charge is 0.237 e. The van der Waals surface area contributed by atoms with Gasteiger partial charge >= 0.3 is 0 Å². The Kier molecular flexibility index (Phi) is 8.39. The molecule has 1 saturated heterocycles. The number of aliphatic hydroxyl groups excluding tert-OH is 2. The highest BCUT2D eigenvalue weighted by atomic mass is 35.5. The lowest BCUT2D eigenvalue weighted by molar-refractivity contribution is -0.123. The molecule has 1 aliphatic rings. The van der Waals surface area contributed by atoms with Crippen LogP contribution in [-0.4, -0.2) is 54.1 Å². The molecule has 0 bridgehead atoms. The lowest BCUT2D eigenvalue weighted by atomic mass is 10.2. The maximum atomic E-state index is 11.8. The van der Waals surface area contributed by atoms with Gasteiger partial charge in [-0.2, -0.15) is 0 Å². The fraction of sp³-hybridized carbons (Fsp3) is 0.500. The predicted molar refractivity (Wildman–Crippen MR) is 90.6 cm³/mol. The van der Waals surface area contributed by atoms with Crippen molar-refractivity contribution in [2.75, 3.05) is 19.7 Å². The highest BCUT2D eigenvalue weighted by molar-refractivity contribution is 6.42. The Bertz CT molecular complexity index is 533. The SMILES string of the molecule is Cl.O=C(NCC(O)COc1cccc(Cl)c1Cl)C1CC(O)CN1. The van der Waals surface area contributed by atoms with E-state index in [-0.39, 0.29) is 36.5 Å². The minimum Gasteiger partial charge on any atom is -0.489 e. The van der Waals surface area contributed by atoms with Gasteiger partial charge in [0.1, 0.15) is 23.5 Å². The third kappa shape index (κ3) is 5.99. The summed E-state index contributed by atoms with van der Waals surface area (Å²) in [7, 11) is 0. The quantitative estimate of drug-likeness (QED) is 0.586. The zero-order valence-electron chi connectivity index (χ0n) is 12.2. The zero-order valence-corrected chi connectivity index (χ0v) is 14.5. The Hall–Kier alpha value is -0.760. The first-order valence-corrected chi connectivity index (χ1v) is 7.67. The van der Waals surface area contributed by atoms with Crippen LogP contribution in [0.1, 0.15) is 6.42 Å². The number of hydrogen-bond donors (Lipinski definition) is 4. The fourth-order valence-corrected chi connectivity index (χ4v) is 2.45. The average molecular weight is 386 g/mol. The monoisotopic (exact) mass is 384 g/mol. The van der Waals surface area contributed by atoms with Crippen LogP contribution in [0.3, 0.4) is 0 Å². The molecule has 1 aromatic rings. The Morgan fingerprint density at radius 1 is 1.48 bits per heavy atom. The molecule has 130 valence electrons. The number of β-amino-alcohol motifs (C(OH)–C–C–N with tert-alkyl or cyclic N) is 1. The van der Waals surface area contributed by atoms with Crippen molar-refractivity contribution in [3.05, 3.63) is 28.2 Å². The summed E-state index contributed by atoms with van der Waals surface area (Å²) < 4.78 is 5.38. The fourth-order valence-electron chi connectivity index (χ4n) is 2.10. The first kappa shape index (κ1) is 20.3. The van der Waals surface area contributed by atoms with Crippen molar-refractivity contribution in [2.45, 2.75) is 24.7 Å². The van der Waals surface area contributed by atoms with Crippen LogP contribution < -0.4 is 15.4 Å². The van der Waals surface area contributed by atoms with Crippen molar-refractivity contribution in [3.8, 4) is 5.75 Å². The van der Waals surface area contributed by atoms with E-state index in [1.165, 1.54) is 0 Å². The van der Waals surface area contributed by atoms with Crippen molar-refractivity contribution in [1.82, 2.24) is 10.6 Å². The van der Waals surface area contributed by atoms with Gasteiger partial charge in [0.15, 0.2) is 0 Å². The number of rotatable bonds is 6. The van der Waals surface area contributed by atoms with Crippen LogP contribution in [0.25, 0.3) is 0 Å². The molecule has 0 aromatic heterocycles. The summed E-state index contributed by atoms with van der Waals surface area (Å²) in [5.41, 5.74) is 0.